The lowest BCUT2D eigenvalue weighted by atomic mass is 9.99. The van der Waals surface area contributed by atoms with Gasteiger partial charge in [-0.25, -0.2) is 9.59 Å². The number of ether oxygens (including phenoxy) is 3. The number of benzene rings is 2. The largest absolute Gasteiger partial charge is 0.450 e. The van der Waals surface area contributed by atoms with Crippen molar-refractivity contribution in [3.63, 3.8) is 0 Å². The second-order valence-corrected chi connectivity index (χ2v) is 7.47. The third kappa shape index (κ3) is 4.86. The van der Waals surface area contributed by atoms with Gasteiger partial charge in [-0.15, -0.1) is 0 Å². The maximum atomic E-state index is 13.8. The molecule has 0 aliphatic carbocycles. The molecule has 1 N–H and O–H groups in total. The minimum atomic E-state index is -4.75. The molecule has 1 aliphatic rings. The lowest BCUT2D eigenvalue weighted by molar-refractivity contribution is -0.318. The van der Waals surface area contributed by atoms with E-state index < -0.39 is 41.5 Å². The number of pyridine rings is 1. The summed E-state index contributed by atoms with van der Waals surface area (Å²) < 4.78 is 56.7. The molecule has 0 spiro atoms. The first-order valence-corrected chi connectivity index (χ1v) is 10.2. The Labute approximate surface area is 191 Å². The van der Waals surface area contributed by atoms with E-state index in [1.54, 1.807) is 42.7 Å². The third-order valence-electron chi connectivity index (χ3n) is 5.12. The zero-order valence-corrected chi connectivity index (χ0v) is 17.5. The van der Waals surface area contributed by atoms with Crippen LogP contribution in [0.3, 0.4) is 0 Å². The molecular weight excluding hydrogens is 455 g/mol. The van der Waals surface area contributed by atoms with Gasteiger partial charge < -0.3 is 19.3 Å². The van der Waals surface area contributed by atoms with Crippen molar-refractivity contribution in [1.82, 2.24) is 4.98 Å². The van der Waals surface area contributed by atoms with E-state index >= 15 is 0 Å². The van der Waals surface area contributed by atoms with Crippen molar-refractivity contribution in [1.29, 1.82) is 0 Å². The Balaban J connectivity index is 1.65. The number of hydrogen-bond acceptors (Lipinski definition) is 7. The van der Waals surface area contributed by atoms with Gasteiger partial charge >= 0.3 is 24.1 Å². The molecule has 0 unspecified atom stereocenters. The number of nitrogens with zero attached hydrogens (tertiary/aromatic N) is 1. The molecule has 2 heterocycles. The van der Waals surface area contributed by atoms with Gasteiger partial charge in [0.1, 0.15) is 5.75 Å². The molecule has 10 heteroatoms. The predicted octanol–water partition coefficient (Wildman–Crippen LogP) is 3.89. The quantitative estimate of drug-likeness (QED) is 0.411. The summed E-state index contributed by atoms with van der Waals surface area (Å²) in [5.74, 6) is -5.92. The zero-order valence-electron chi connectivity index (χ0n) is 17.5. The van der Waals surface area contributed by atoms with Gasteiger partial charge in [-0.1, -0.05) is 42.5 Å². The van der Waals surface area contributed by atoms with Crippen molar-refractivity contribution >= 4 is 11.9 Å². The van der Waals surface area contributed by atoms with Gasteiger partial charge in [0.15, 0.2) is 6.10 Å². The maximum absolute atomic E-state index is 13.8. The number of cyclic esters (lactones) is 2. The molecule has 0 radical (unpaired) electrons. The minimum Gasteiger partial charge on any atom is -0.418 e. The molecule has 176 valence electrons. The Morgan fingerprint density at radius 3 is 2.32 bits per heavy atom. The van der Waals surface area contributed by atoms with Crippen molar-refractivity contribution in [2.45, 2.75) is 31.1 Å². The lowest BCUT2D eigenvalue weighted by Crippen LogP contribution is -2.49. The van der Waals surface area contributed by atoms with Crippen molar-refractivity contribution in [2.75, 3.05) is 0 Å². The van der Waals surface area contributed by atoms with Gasteiger partial charge in [0.2, 0.25) is 0 Å². The standard InChI is InChI=1S/C24H18F3NO6/c25-23(26,27)19-13-17(9-10-18(19)16-6-2-1-3-7-16)32-24(33-21(30)22(31)34-24)20(29)11-8-15-5-4-12-28-14-15/h1-7,9-10,12-14,20,29H,8,11H2/t20-/m1/s1. The molecule has 34 heavy (non-hydrogen) atoms. The average Bonchev–Trinajstić information content (AvgIpc) is 3.12. The van der Waals surface area contributed by atoms with Crippen LogP contribution in [0.15, 0.2) is 73.1 Å². The summed E-state index contributed by atoms with van der Waals surface area (Å²) in [6.45, 7) is 0. The summed E-state index contributed by atoms with van der Waals surface area (Å²) >= 11 is 0. The van der Waals surface area contributed by atoms with E-state index in [-0.39, 0.29) is 18.4 Å². The molecule has 0 amide bonds. The van der Waals surface area contributed by atoms with E-state index in [4.69, 9.17) is 14.2 Å². The number of carbonyl (C=O) groups is 2. The van der Waals surface area contributed by atoms with E-state index in [9.17, 15) is 27.9 Å². The molecule has 1 atom stereocenters. The summed E-state index contributed by atoms with van der Waals surface area (Å²) in [5.41, 5.74) is -0.0795. The number of esters is 2. The molecule has 7 nitrogen and oxygen atoms in total. The van der Waals surface area contributed by atoms with E-state index in [2.05, 4.69) is 4.98 Å². The molecule has 1 aromatic heterocycles. The number of alkyl halides is 3. The van der Waals surface area contributed by atoms with Crippen LogP contribution in [0.25, 0.3) is 11.1 Å². The Hall–Kier alpha value is -3.92. The van der Waals surface area contributed by atoms with E-state index in [1.165, 1.54) is 24.3 Å². The summed E-state index contributed by atoms with van der Waals surface area (Å²) in [6.07, 6.45) is -3.23. The number of halogens is 3. The second kappa shape index (κ2) is 9.14. The first kappa shape index (κ1) is 23.2. The molecule has 0 saturated carbocycles. The lowest BCUT2D eigenvalue weighted by Gasteiger charge is -2.30. The van der Waals surface area contributed by atoms with E-state index in [0.29, 0.717) is 11.6 Å². The Kier molecular flexibility index (Phi) is 6.25. The maximum Gasteiger partial charge on any atom is 0.450 e. The Morgan fingerprint density at radius 2 is 1.71 bits per heavy atom. The smallest absolute Gasteiger partial charge is 0.418 e. The highest BCUT2D eigenvalue weighted by molar-refractivity contribution is 6.31. The van der Waals surface area contributed by atoms with Gasteiger partial charge in [-0.05, 0) is 47.7 Å². The number of aromatic nitrogens is 1. The van der Waals surface area contributed by atoms with E-state index in [1.807, 2.05) is 0 Å². The van der Waals surface area contributed by atoms with Crippen LogP contribution in [0.2, 0.25) is 0 Å². The van der Waals surface area contributed by atoms with Crippen LogP contribution in [-0.2, 0) is 31.7 Å². The third-order valence-corrected chi connectivity index (χ3v) is 5.12. The molecule has 1 aliphatic heterocycles. The van der Waals surface area contributed by atoms with Crippen molar-refractivity contribution in [3.8, 4) is 16.9 Å². The minimum absolute atomic E-state index is 0.105. The van der Waals surface area contributed by atoms with E-state index in [0.717, 1.165) is 5.56 Å². The highest BCUT2D eigenvalue weighted by Crippen LogP contribution is 2.40. The molecule has 1 saturated heterocycles. The molecule has 2 aromatic carbocycles. The SMILES string of the molecule is O=C1OC(Oc2ccc(-c3ccccc3)c(C(F)(F)F)c2)([C@H](O)CCc2cccnc2)OC1=O. The van der Waals surface area contributed by atoms with Crippen LogP contribution in [0.5, 0.6) is 5.75 Å². The van der Waals surface area contributed by atoms with Crippen LogP contribution in [-0.4, -0.2) is 34.1 Å². The number of aryl methyl sites for hydroxylation is 1. The number of aliphatic hydroxyl groups excluding tert-OH is 1. The fourth-order valence-corrected chi connectivity index (χ4v) is 3.49. The summed E-state index contributed by atoms with van der Waals surface area (Å²) in [4.78, 5) is 27.4. The topological polar surface area (TPSA) is 95.0 Å². The molecule has 0 bridgehead atoms. The van der Waals surface area contributed by atoms with Crippen LogP contribution in [0.4, 0.5) is 13.2 Å². The fraction of sp³-hybridized carbons (Fsp3) is 0.208. The van der Waals surface area contributed by atoms with Crippen molar-refractivity contribution in [2.24, 2.45) is 0 Å². The molecule has 4 rings (SSSR count). The second-order valence-electron chi connectivity index (χ2n) is 7.47. The highest BCUT2D eigenvalue weighted by Gasteiger charge is 2.57. The van der Waals surface area contributed by atoms with Gasteiger partial charge in [-0.2, -0.15) is 13.2 Å². The monoisotopic (exact) mass is 473 g/mol. The number of rotatable bonds is 7. The van der Waals surface area contributed by atoms with Crippen molar-refractivity contribution < 1.29 is 42.1 Å². The molecule has 3 aromatic rings. The highest BCUT2D eigenvalue weighted by atomic mass is 19.4. The number of aliphatic hydroxyl groups is 1. The van der Waals surface area contributed by atoms with Crippen LogP contribution < -0.4 is 4.74 Å². The number of carbonyl (C=O) groups excluding carboxylic acids is 2. The molecular formula is C24H18F3NO6. The van der Waals surface area contributed by atoms with Crippen LogP contribution in [0, 0.1) is 0 Å². The van der Waals surface area contributed by atoms with Gasteiger partial charge in [0.25, 0.3) is 0 Å². The normalized spacial score (nSPS) is 16.0. The van der Waals surface area contributed by atoms with Gasteiger partial charge in [0, 0.05) is 12.4 Å². The Morgan fingerprint density at radius 1 is 1.00 bits per heavy atom. The summed E-state index contributed by atoms with van der Waals surface area (Å²) in [6, 6.07) is 14.4. The van der Waals surface area contributed by atoms with Gasteiger partial charge in [0.05, 0.1) is 5.56 Å². The first-order valence-electron chi connectivity index (χ1n) is 10.2. The summed E-state index contributed by atoms with van der Waals surface area (Å²) in [5, 5.41) is 10.7. The molecule has 1 fully saturated rings. The van der Waals surface area contributed by atoms with Crippen molar-refractivity contribution in [3.05, 3.63) is 84.2 Å². The average molecular weight is 473 g/mol. The number of hydrogen-bond donors (Lipinski definition) is 1. The fourth-order valence-electron chi connectivity index (χ4n) is 3.49. The van der Waals surface area contributed by atoms with Gasteiger partial charge in [-0.3, -0.25) is 4.98 Å². The zero-order chi connectivity index (χ0) is 24.3. The Bertz CT molecular complexity index is 1170. The predicted molar refractivity (Wildman–Crippen MR) is 111 cm³/mol. The summed E-state index contributed by atoms with van der Waals surface area (Å²) in [7, 11) is 0. The van der Waals surface area contributed by atoms with Crippen LogP contribution in [0.1, 0.15) is 17.5 Å². The first-order chi connectivity index (χ1) is 16.2. The van der Waals surface area contributed by atoms with Crippen LogP contribution >= 0.6 is 0 Å².